The number of piperidine rings is 2. The van der Waals surface area contributed by atoms with Crippen molar-refractivity contribution in [2.75, 3.05) is 13.6 Å². The SMILES string of the molecule is CN1C(=O)C23CCCN2C(=O)C12C=C1C(=[N+]([O-])c4c1ccc1c4C=CC(C)(C)O1)C(C)(C)C2C3. The Kier molecular flexibility index (Phi) is 3.33. The summed E-state index contributed by atoms with van der Waals surface area (Å²) in [4.78, 5) is 31.3. The lowest BCUT2D eigenvalue weighted by atomic mass is 9.51. The molecule has 4 fully saturated rings. The van der Waals surface area contributed by atoms with Crippen LogP contribution >= 0.6 is 0 Å². The van der Waals surface area contributed by atoms with Crippen LogP contribution in [0.3, 0.4) is 0 Å². The van der Waals surface area contributed by atoms with Crippen molar-refractivity contribution < 1.29 is 19.1 Å². The molecule has 0 aromatic heterocycles. The van der Waals surface area contributed by atoms with Crippen LogP contribution in [-0.2, 0) is 9.59 Å². The Hall–Kier alpha value is -3.09. The smallest absolute Gasteiger partial charge is 0.253 e. The molecule has 3 unspecified atom stereocenters. The summed E-state index contributed by atoms with van der Waals surface area (Å²) in [6.45, 7) is 8.74. The molecule has 0 N–H and O–H groups in total. The van der Waals surface area contributed by atoms with Gasteiger partial charge in [0.1, 0.15) is 22.4 Å². The topological polar surface area (TPSA) is 75.9 Å². The molecule has 176 valence electrons. The average Bonchev–Trinajstić information content (AvgIpc) is 3.33. The minimum Gasteiger partial charge on any atom is -0.618 e. The van der Waals surface area contributed by atoms with Gasteiger partial charge in [-0.2, -0.15) is 4.74 Å². The molecule has 0 saturated carbocycles. The third kappa shape index (κ3) is 1.93. The van der Waals surface area contributed by atoms with Crippen molar-refractivity contribution in [3.63, 3.8) is 0 Å². The number of hydrogen-bond donors (Lipinski definition) is 0. The highest BCUT2D eigenvalue weighted by Gasteiger charge is 2.76. The van der Waals surface area contributed by atoms with Gasteiger partial charge in [0.25, 0.3) is 5.91 Å². The first-order chi connectivity index (χ1) is 16.0. The maximum Gasteiger partial charge on any atom is 0.253 e. The van der Waals surface area contributed by atoms with E-state index in [9.17, 15) is 14.8 Å². The number of ether oxygens (including phenoxy) is 1. The minimum atomic E-state index is -1.07. The Morgan fingerprint density at radius 2 is 1.91 bits per heavy atom. The summed E-state index contributed by atoms with van der Waals surface area (Å²) in [6.07, 6.45) is 8.03. The van der Waals surface area contributed by atoms with E-state index in [0.29, 0.717) is 36.5 Å². The molecule has 4 saturated heterocycles. The van der Waals surface area contributed by atoms with E-state index in [-0.39, 0.29) is 17.7 Å². The number of rotatable bonds is 0. The number of likely N-dealkylation sites (N-methyl/N-ethyl adjacent to an activating group) is 1. The monoisotopic (exact) mass is 459 g/mol. The van der Waals surface area contributed by atoms with Crippen LogP contribution in [0.4, 0.5) is 5.69 Å². The maximum absolute atomic E-state index is 14.1. The summed E-state index contributed by atoms with van der Waals surface area (Å²) in [5, 5.41) is 14.0. The summed E-state index contributed by atoms with van der Waals surface area (Å²) < 4.78 is 7.21. The number of nitrogens with zero attached hydrogens (tertiary/aromatic N) is 3. The van der Waals surface area contributed by atoms with Crippen molar-refractivity contribution in [1.29, 1.82) is 0 Å². The molecule has 7 heteroatoms. The highest BCUT2D eigenvalue weighted by atomic mass is 16.5. The third-order valence-corrected chi connectivity index (χ3v) is 9.41. The van der Waals surface area contributed by atoms with Crippen LogP contribution in [0, 0.1) is 16.5 Å². The van der Waals surface area contributed by atoms with E-state index in [4.69, 9.17) is 4.74 Å². The largest absolute Gasteiger partial charge is 0.618 e. The van der Waals surface area contributed by atoms with Crippen molar-refractivity contribution in [2.24, 2.45) is 11.3 Å². The molecule has 7 aliphatic rings. The molecule has 2 spiro atoms. The van der Waals surface area contributed by atoms with Crippen molar-refractivity contribution in [2.45, 2.75) is 63.6 Å². The second-order valence-corrected chi connectivity index (χ2v) is 11.9. The van der Waals surface area contributed by atoms with E-state index in [1.807, 2.05) is 49.1 Å². The molecule has 1 aromatic rings. The Balaban J connectivity index is 1.52. The number of benzene rings is 1. The van der Waals surface area contributed by atoms with Gasteiger partial charge in [0.15, 0.2) is 0 Å². The lowest BCUT2D eigenvalue weighted by Crippen LogP contribution is -2.83. The third-order valence-electron chi connectivity index (χ3n) is 9.41. The molecule has 0 radical (unpaired) electrons. The zero-order chi connectivity index (χ0) is 24.0. The van der Waals surface area contributed by atoms with Crippen LogP contribution in [0.5, 0.6) is 5.75 Å². The van der Waals surface area contributed by atoms with Crippen molar-refractivity contribution in [3.8, 4) is 5.75 Å². The first-order valence-electron chi connectivity index (χ1n) is 12.2. The fraction of sp³-hybridized carbons (Fsp3) is 0.519. The first kappa shape index (κ1) is 20.3. The van der Waals surface area contributed by atoms with Crippen molar-refractivity contribution in [3.05, 3.63) is 40.6 Å². The molecule has 8 rings (SSSR count). The number of amides is 2. The van der Waals surface area contributed by atoms with Gasteiger partial charge in [0.05, 0.1) is 22.1 Å². The number of fused-ring (bicyclic) bond motifs is 6. The Labute approximate surface area is 198 Å². The molecule has 2 bridgehead atoms. The van der Waals surface area contributed by atoms with Gasteiger partial charge in [-0.1, -0.05) is 0 Å². The summed E-state index contributed by atoms with van der Waals surface area (Å²) >= 11 is 0. The van der Waals surface area contributed by atoms with Gasteiger partial charge in [-0.3, -0.25) is 9.59 Å². The van der Waals surface area contributed by atoms with E-state index in [1.54, 1.807) is 11.9 Å². The van der Waals surface area contributed by atoms with Gasteiger partial charge < -0.3 is 19.7 Å². The number of carbonyl (C=O) groups excluding carboxylic acids is 2. The summed E-state index contributed by atoms with van der Waals surface area (Å²) in [5.41, 5.74) is 0.715. The minimum absolute atomic E-state index is 0.0109. The summed E-state index contributed by atoms with van der Waals surface area (Å²) in [7, 11) is 1.78. The van der Waals surface area contributed by atoms with E-state index in [1.165, 1.54) is 0 Å². The standard InChI is InChI=1S/C27H29N3O4/c1-24(2)11-9-16-18(34-24)8-7-15-17-13-27-19(25(3,4)21(17)30(33)20(15)16)14-26(22(31)28(27)5)10-6-12-29(26)23(27)32/h7-9,11,13,19H,6,10,12,14H2,1-5H3. The van der Waals surface area contributed by atoms with E-state index >= 15 is 0 Å². The number of allylic oxidation sites excluding steroid dienone is 1. The lowest BCUT2D eigenvalue weighted by molar-refractivity contribution is -0.363. The Bertz CT molecular complexity index is 1340. The van der Waals surface area contributed by atoms with Gasteiger partial charge >= 0.3 is 0 Å². The van der Waals surface area contributed by atoms with Crippen LogP contribution in [-0.4, -0.2) is 62.3 Å². The van der Waals surface area contributed by atoms with Crippen molar-refractivity contribution in [1.82, 2.24) is 9.80 Å². The molecular formula is C27H29N3O4. The Morgan fingerprint density at radius 3 is 2.68 bits per heavy atom. The number of piperazine rings is 1. The quantitative estimate of drug-likeness (QED) is 0.440. The Morgan fingerprint density at radius 1 is 1.15 bits per heavy atom. The summed E-state index contributed by atoms with van der Waals surface area (Å²) in [5.74, 6) is 0.565. The molecule has 3 atom stereocenters. The molecular weight excluding hydrogens is 430 g/mol. The molecule has 2 amide bonds. The molecule has 6 heterocycles. The molecule has 7 nitrogen and oxygen atoms in total. The van der Waals surface area contributed by atoms with Gasteiger partial charge in [-0.05, 0) is 77.3 Å². The predicted molar refractivity (Wildman–Crippen MR) is 128 cm³/mol. The molecule has 6 aliphatic heterocycles. The number of hydrogen-bond acceptors (Lipinski definition) is 4. The van der Waals surface area contributed by atoms with Gasteiger partial charge in [0, 0.05) is 19.5 Å². The predicted octanol–water partition coefficient (Wildman–Crippen LogP) is 3.48. The van der Waals surface area contributed by atoms with Gasteiger partial charge in [-0.15, -0.1) is 0 Å². The summed E-state index contributed by atoms with van der Waals surface area (Å²) in [6, 6.07) is 3.84. The van der Waals surface area contributed by atoms with Crippen LogP contribution in [0.15, 0.2) is 24.3 Å². The van der Waals surface area contributed by atoms with Crippen LogP contribution in [0.1, 0.15) is 58.1 Å². The highest BCUT2D eigenvalue weighted by Crippen LogP contribution is 2.63. The van der Waals surface area contributed by atoms with Crippen LogP contribution in [0.2, 0.25) is 0 Å². The maximum atomic E-state index is 14.1. The first-order valence-corrected chi connectivity index (χ1v) is 12.2. The van der Waals surface area contributed by atoms with E-state index in [0.717, 1.165) is 27.9 Å². The lowest BCUT2D eigenvalue weighted by Gasteiger charge is -2.65. The fourth-order valence-corrected chi connectivity index (χ4v) is 7.84. The second-order valence-electron chi connectivity index (χ2n) is 11.9. The van der Waals surface area contributed by atoms with Crippen LogP contribution in [0.25, 0.3) is 11.6 Å². The zero-order valence-electron chi connectivity index (χ0n) is 20.3. The average molecular weight is 460 g/mol. The fourth-order valence-electron chi connectivity index (χ4n) is 7.84. The highest BCUT2D eigenvalue weighted by molar-refractivity contribution is 6.30. The van der Waals surface area contributed by atoms with Gasteiger partial charge in [0.2, 0.25) is 17.3 Å². The molecule has 34 heavy (non-hydrogen) atoms. The molecule has 1 aliphatic carbocycles. The normalized spacial score (nSPS) is 35.4. The van der Waals surface area contributed by atoms with Crippen molar-refractivity contribution >= 4 is 34.9 Å². The van der Waals surface area contributed by atoms with E-state index < -0.39 is 22.1 Å². The second kappa shape index (κ2) is 5.58. The number of carbonyl (C=O) groups is 2. The van der Waals surface area contributed by atoms with E-state index in [2.05, 4.69) is 13.8 Å². The molecule has 1 aromatic carbocycles. The van der Waals surface area contributed by atoms with Crippen LogP contribution < -0.4 is 4.74 Å². The zero-order valence-corrected chi connectivity index (χ0v) is 20.3. The van der Waals surface area contributed by atoms with Gasteiger partial charge in [-0.25, -0.2) is 0 Å².